The number of fused-ring (bicyclic) bond motifs is 2. The van der Waals surface area contributed by atoms with Crippen LogP contribution in [0.3, 0.4) is 0 Å². The summed E-state index contributed by atoms with van der Waals surface area (Å²) in [5.41, 5.74) is 6.64. The fourth-order valence-corrected chi connectivity index (χ4v) is 3.73. The van der Waals surface area contributed by atoms with Gasteiger partial charge < -0.3 is 9.55 Å². The molecule has 6 heterocycles. The Morgan fingerprint density at radius 3 is 2.68 bits per heavy atom. The van der Waals surface area contributed by atoms with Crippen LogP contribution in [0.4, 0.5) is 0 Å². The van der Waals surface area contributed by atoms with Gasteiger partial charge in [0, 0.05) is 30.4 Å². The Kier molecular flexibility index (Phi) is 3.69. The van der Waals surface area contributed by atoms with Crippen molar-refractivity contribution in [3.8, 4) is 34.2 Å². The molecule has 0 aliphatic carbocycles. The Bertz CT molecular complexity index is 1560. The van der Waals surface area contributed by atoms with Crippen molar-refractivity contribution in [3.05, 3.63) is 61.1 Å². The van der Waals surface area contributed by atoms with Gasteiger partial charge in [-0.15, -0.1) is 0 Å². The Morgan fingerprint density at radius 1 is 0.935 bits per heavy atom. The SMILES string of the molecule is Cc1ncc(-c2cc3c(-c4nc5c(-c6ccccn6)cncc5[nH]4)n[nH]c3cn2)n1C. The first-order valence-electron chi connectivity index (χ1n) is 9.77. The van der Waals surface area contributed by atoms with Crippen LogP contribution in [0.1, 0.15) is 5.82 Å². The molecule has 0 fully saturated rings. The molecule has 0 bridgehead atoms. The van der Waals surface area contributed by atoms with Gasteiger partial charge in [0.1, 0.15) is 17.0 Å². The molecule has 0 spiro atoms. The van der Waals surface area contributed by atoms with Crippen molar-refractivity contribution in [3.63, 3.8) is 0 Å². The molecule has 6 aromatic heterocycles. The van der Waals surface area contributed by atoms with E-state index >= 15 is 0 Å². The Labute approximate surface area is 176 Å². The van der Waals surface area contributed by atoms with E-state index in [-0.39, 0.29) is 0 Å². The Balaban J connectivity index is 1.52. The lowest BCUT2D eigenvalue weighted by Gasteiger charge is -2.03. The standard InChI is InChI=1S/C22H17N9/c1-12-25-11-19(31(12)2)16-7-13-17(10-26-16)29-30-21(13)22-27-18-9-23-8-14(20(18)28-22)15-5-3-4-6-24-15/h3-11H,1-2H3,(H,27,28)(H,29,30). The van der Waals surface area contributed by atoms with Crippen LogP contribution in [0.2, 0.25) is 0 Å². The summed E-state index contributed by atoms with van der Waals surface area (Å²) in [5, 5.41) is 8.49. The van der Waals surface area contributed by atoms with Gasteiger partial charge in [0.05, 0.1) is 46.7 Å². The Hall–Kier alpha value is -4.40. The third-order valence-electron chi connectivity index (χ3n) is 5.49. The number of rotatable bonds is 3. The molecule has 31 heavy (non-hydrogen) atoms. The number of imidazole rings is 2. The van der Waals surface area contributed by atoms with Gasteiger partial charge in [-0.1, -0.05) is 6.07 Å². The first-order valence-corrected chi connectivity index (χ1v) is 9.77. The number of H-pyrrole nitrogens is 2. The summed E-state index contributed by atoms with van der Waals surface area (Å²) in [6.07, 6.45) is 8.92. The molecule has 0 atom stereocenters. The van der Waals surface area contributed by atoms with E-state index in [1.165, 1.54) is 0 Å². The molecular weight excluding hydrogens is 390 g/mol. The van der Waals surface area contributed by atoms with Crippen molar-refractivity contribution in [2.45, 2.75) is 6.92 Å². The lowest BCUT2D eigenvalue weighted by molar-refractivity contribution is 0.862. The average Bonchev–Trinajstić information content (AvgIpc) is 3.50. The minimum atomic E-state index is 0.657. The van der Waals surface area contributed by atoms with Gasteiger partial charge in [-0.3, -0.25) is 20.1 Å². The number of aromatic amines is 2. The van der Waals surface area contributed by atoms with Gasteiger partial charge in [-0.2, -0.15) is 5.10 Å². The smallest absolute Gasteiger partial charge is 0.159 e. The molecule has 0 saturated carbocycles. The lowest BCUT2D eigenvalue weighted by atomic mass is 10.1. The fraction of sp³-hybridized carbons (Fsp3) is 0.0909. The predicted octanol–water partition coefficient (Wildman–Crippen LogP) is 3.67. The summed E-state index contributed by atoms with van der Waals surface area (Å²) < 4.78 is 2.01. The minimum Gasteiger partial charge on any atom is -0.335 e. The summed E-state index contributed by atoms with van der Waals surface area (Å²) >= 11 is 0. The first kappa shape index (κ1) is 17.5. The lowest BCUT2D eigenvalue weighted by Crippen LogP contribution is -1.95. The van der Waals surface area contributed by atoms with E-state index in [4.69, 9.17) is 4.98 Å². The molecule has 9 heteroatoms. The van der Waals surface area contributed by atoms with Crippen LogP contribution >= 0.6 is 0 Å². The maximum atomic E-state index is 4.85. The molecule has 2 N–H and O–H groups in total. The highest BCUT2D eigenvalue weighted by molar-refractivity contribution is 5.96. The summed E-state index contributed by atoms with van der Waals surface area (Å²) in [6.45, 7) is 1.97. The molecule has 0 aliphatic heterocycles. The second kappa shape index (κ2) is 6.56. The maximum absolute atomic E-state index is 4.85. The normalized spacial score (nSPS) is 11.5. The van der Waals surface area contributed by atoms with E-state index in [0.717, 1.165) is 56.1 Å². The summed E-state index contributed by atoms with van der Waals surface area (Å²) in [4.78, 5) is 26.0. The molecule has 0 aliphatic rings. The van der Waals surface area contributed by atoms with Crippen molar-refractivity contribution < 1.29 is 0 Å². The largest absolute Gasteiger partial charge is 0.335 e. The van der Waals surface area contributed by atoms with Crippen molar-refractivity contribution in [1.82, 2.24) is 44.7 Å². The van der Waals surface area contributed by atoms with E-state index in [0.29, 0.717) is 5.82 Å². The predicted molar refractivity (Wildman–Crippen MR) is 117 cm³/mol. The molecule has 0 unspecified atom stereocenters. The average molecular weight is 407 g/mol. The van der Waals surface area contributed by atoms with Gasteiger partial charge in [0.25, 0.3) is 0 Å². The zero-order chi connectivity index (χ0) is 20.9. The van der Waals surface area contributed by atoms with Crippen LogP contribution in [0.5, 0.6) is 0 Å². The highest BCUT2D eigenvalue weighted by Gasteiger charge is 2.17. The van der Waals surface area contributed by atoms with Crippen molar-refractivity contribution in [1.29, 1.82) is 0 Å². The van der Waals surface area contributed by atoms with Crippen molar-refractivity contribution in [2.24, 2.45) is 7.05 Å². The highest BCUT2D eigenvalue weighted by atomic mass is 15.1. The van der Waals surface area contributed by atoms with Gasteiger partial charge in [-0.25, -0.2) is 9.97 Å². The molecule has 9 nitrogen and oxygen atoms in total. The maximum Gasteiger partial charge on any atom is 0.159 e. The third kappa shape index (κ3) is 2.71. The number of hydrogen-bond donors (Lipinski definition) is 2. The topological polar surface area (TPSA) is 114 Å². The number of aromatic nitrogens is 9. The monoisotopic (exact) mass is 407 g/mol. The van der Waals surface area contributed by atoms with Crippen LogP contribution in [-0.2, 0) is 7.05 Å². The van der Waals surface area contributed by atoms with Crippen LogP contribution in [-0.4, -0.2) is 44.7 Å². The number of pyridine rings is 3. The van der Waals surface area contributed by atoms with E-state index in [1.54, 1.807) is 24.8 Å². The van der Waals surface area contributed by atoms with E-state index in [2.05, 4.69) is 35.1 Å². The van der Waals surface area contributed by atoms with E-state index in [1.807, 2.05) is 49.0 Å². The number of aryl methyl sites for hydroxylation is 1. The molecule has 0 radical (unpaired) electrons. The fourth-order valence-electron chi connectivity index (χ4n) is 3.73. The van der Waals surface area contributed by atoms with Gasteiger partial charge >= 0.3 is 0 Å². The Morgan fingerprint density at radius 2 is 1.87 bits per heavy atom. The summed E-state index contributed by atoms with van der Waals surface area (Å²) in [5.74, 6) is 1.58. The van der Waals surface area contributed by atoms with Crippen LogP contribution in [0.25, 0.3) is 56.1 Å². The highest BCUT2D eigenvalue weighted by Crippen LogP contribution is 2.31. The summed E-state index contributed by atoms with van der Waals surface area (Å²) in [6, 6.07) is 7.79. The van der Waals surface area contributed by atoms with Gasteiger partial charge in [-0.05, 0) is 25.1 Å². The van der Waals surface area contributed by atoms with Crippen molar-refractivity contribution in [2.75, 3.05) is 0 Å². The summed E-state index contributed by atoms with van der Waals surface area (Å²) in [7, 11) is 1.98. The molecule has 0 saturated heterocycles. The van der Waals surface area contributed by atoms with Crippen LogP contribution in [0, 0.1) is 6.92 Å². The second-order valence-electron chi connectivity index (χ2n) is 7.32. The number of nitrogens with zero attached hydrogens (tertiary/aromatic N) is 7. The zero-order valence-corrected chi connectivity index (χ0v) is 16.8. The van der Waals surface area contributed by atoms with Gasteiger partial charge in [0.2, 0.25) is 0 Å². The third-order valence-corrected chi connectivity index (χ3v) is 5.49. The molecular formula is C22H17N9. The number of nitrogens with one attached hydrogen (secondary N) is 2. The van der Waals surface area contributed by atoms with Crippen LogP contribution < -0.4 is 0 Å². The second-order valence-corrected chi connectivity index (χ2v) is 7.32. The quantitative estimate of drug-likeness (QED) is 0.463. The molecule has 150 valence electrons. The number of hydrogen-bond acceptors (Lipinski definition) is 6. The van der Waals surface area contributed by atoms with Gasteiger partial charge in [0.15, 0.2) is 5.82 Å². The van der Waals surface area contributed by atoms with Crippen LogP contribution in [0.15, 0.2) is 55.2 Å². The first-order chi connectivity index (χ1) is 15.2. The molecule has 0 amide bonds. The van der Waals surface area contributed by atoms with E-state index in [9.17, 15) is 0 Å². The molecule has 0 aromatic carbocycles. The van der Waals surface area contributed by atoms with Crippen molar-refractivity contribution >= 4 is 21.9 Å². The minimum absolute atomic E-state index is 0.657. The zero-order valence-electron chi connectivity index (χ0n) is 16.8. The molecule has 6 rings (SSSR count). The molecule has 6 aromatic rings. The van der Waals surface area contributed by atoms with E-state index < -0.39 is 0 Å².